The van der Waals surface area contributed by atoms with E-state index in [1.807, 2.05) is 36.4 Å². The van der Waals surface area contributed by atoms with E-state index in [1.54, 1.807) is 20.3 Å². The number of methoxy groups -OCH3 is 2. The van der Waals surface area contributed by atoms with Crippen LogP contribution in [0.5, 0.6) is 11.5 Å². The summed E-state index contributed by atoms with van der Waals surface area (Å²) in [5.41, 5.74) is 4.16. The van der Waals surface area contributed by atoms with E-state index in [-0.39, 0.29) is 12.3 Å². The molecule has 2 aromatic rings. The van der Waals surface area contributed by atoms with E-state index in [1.165, 1.54) is 6.21 Å². The van der Waals surface area contributed by atoms with Crippen molar-refractivity contribution in [2.24, 2.45) is 5.10 Å². The van der Waals surface area contributed by atoms with E-state index in [0.717, 1.165) is 15.6 Å². The Bertz CT molecular complexity index is 702. The van der Waals surface area contributed by atoms with Gasteiger partial charge in [0.05, 0.1) is 31.3 Å². The molecule has 5 nitrogen and oxygen atoms in total. The van der Waals surface area contributed by atoms with Gasteiger partial charge >= 0.3 is 0 Å². The first-order chi connectivity index (χ1) is 11.1. The van der Waals surface area contributed by atoms with Gasteiger partial charge in [-0.05, 0) is 27.6 Å². The summed E-state index contributed by atoms with van der Waals surface area (Å²) in [6, 6.07) is 13.0. The summed E-state index contributed by atoms with van der Waals surface area (Å²) in [6.45, 7) is 0. The highest BCUT2D eigenvalue weighted by Gasteiger charge is 2.08. The topological polar surface area (TPSA) is 59.9 Å². The van der Waals surface area contributed by atoms with Crippen LogP contribution in [0.2, 0.25) is 0 Å². The minimum absolute atomic E-state index is 0.181. The maximum Gasteiger partial charge on any atom is 0.244 e. The van der Waals surface area contributed by atoms with Gasteiger partial charge in [-0.25, -0.2) is 5.43 Å². The lowest BCUT2D eigenvalue weighted by Crippen LogP contribution is -2.19. The molecule has 0 atom stereocenters. The monoisotopic (exact) mass is 376 g/mol. The first-order valence-corrected chi connectivity index (χ1v) is 7.70. The Morgan fingerprint density at radius 2 is 1.87 bits per heavy atom. The van der Waals surface area contributed by atoms with Crippen molar-refractivity contribution in [3.8, 4) is 11.5 Å². The van der Waals surface area contributed by atoms with E-state index in [2.05, 4.69) is 26.5 Å². The molecule has 2 rings (SSSR count). The van der Waals surface area contributed by atoms with Gasteiger partial charge in [0.1, 0.15) is 11.5 Å². The Morgan fingerprint density at radius 1 is 1.17 bits per heavy atom. The van der Waals surface area contributed by atoms with Crippen molar-refractivity contribution in [3.63, 3.8) is 0 Å². The van der Waals surface area contributed by atoms with Crippen LogP contribution in [0.25, 0.3) is 0 Å². The van der Waals surface area contributed by atoms with E-state index < -0.39 is 0 Å². The van der Waals surface area contributed by atoms with Crippen LogP contribution < -0.4 is 14.9 Å². The number of hydrazone groups is 1. The maximum atomic E-state index is 11.8. The summed E-state index contributed by atoms with van der Waals surface area (Å²) >= 11 is 3.41. The second-order valence-electron chi connectivity index (χ2n) is 4.68. The highest BCUT2D eigenvalue weighted by molar-refractivity contribution is 9.10. The third kappa shape index (κ3) is 4.82. The molecule has 2 aromatic carbocycles. The van der Waals surface area contributed by atoms with Crippen molar-refractivity contribution in [2.75, 3.05) is 14.2 Å². The molecule has 0 unspecified atom stereocenters. The molecule has 0 bridgehead atoms. The third-order valence-electron chi connectivity index (χ3n) is 3.10. The molecule has 0 aliphatic heterocycles. The van der Waals surface area contributed by atoms with Crippen molar-refractivity contribution in [3.05, 3.63) is 58.1 Å². The summed E-state index contributed by atoms with van der Waals surface area (Å²) in [6.07, 6.45) is 1.81. The van der Waals surface area contributed by atoms with Gasteiger partial charge in [-0.2, -0.15) is 5.10 Å². The second kappa shape index (κ2) is 8.33. The van der Waals surface area contributed by atoms with Crippen LogP contribution in [0.15, 0.2) is 52.0 Å². The lowest BCUT2D eigenvalue weighted by atomic mass is 10.1. The molecule has 0 heterocycles. The molecule has 0 spiro atoms. The third-order valence-corrected chi connectivity index (χ3v) is 3.72. The fraction of sp³-hybridized carbons (Fsp3) is 0.176. The van der Waals surface area contributed by atoms with Crippen molar-refractivity contribution in [1.82, 2.24) is 5.43 Å². The number of hydrogen-bond acceptors (Lipinski definition) is 4. The number of carbonyl (C=O) groups excluding carboxylic acids is 1. The minimum Gasteiger partial charge on any atom is -0.496 e. The molecule has 0 aliphatic carbocycles. The quantitative estimate of drug-likeness (QED) is 0.622. The maximum absolute atomic E-state index is 11.8. The largest absolute Gasteiger partial charge is 0.496 e. The van der Waals surface area contributed by atoms with Crippen molar-refractivity contribution >= 4 is 28.1 Å². The van der Waals surface area contributed by atoms with Crippen LogP contribution in [0.4, 0.5) is 0 Å². The number of halogens is 1. The van der Waals surface area contributed by atoms with E-state index >= 15 is 0 Å². The number of rotatable bonds is 6. The summed E-state index contributed by atoms with van der Waals surface area (Å²) in [4.78, 5) is 11.8. The van der Waals surface area contributed by atoms with E-state index in [9.17, 15) is 4.79 Å². The molecule has 0 aliphatic rings. The van der Waals surface area contributed by atoms with Gasteiger partial charge in [-0.3, -0.25) is 4.79 Å². The Labute approximate surface area is 143 Å². The highest BCUT2D eigenvalue weighted by Crippen LogP contribution is 2.31. The first-order valence-electron chi connectivity index (χ1n) is 6.91. The van der Waals surface area contributed by atoms with Crippen LogP contribution in [0, 0.1) is 0 Å². The molecular weight excluding hydrogens is 360 g/mol. The zero-order chi connectivity index (χ0) is 16.7. The predicted molar refractivity (Wildman–Crippen MR) is 93.1 cm³/mol. The van der Waals surface area contributed by atoms with Crippen molar-refractivity contribution in [1.29, 1.82) is 0 Å². The molecule has 0 fully saturated rings. The molecular formula is C17H17BrN2O3. The zero-order valence-electron chi connectivity index (χ0n) is 12.9. The van der Waals surface area contributed by atoms with Gasteiger partial charge in [0.15, 0.2) is 0 Å². The lowest BCUT2D eigenvalue weighted by molar-refractivity contribution is -0.120. The number of nitrogens with zero attached hydrogens (tertiary/aromatic N) is 1. The van der Waals surface area contributed by atoms with Gasteiger partial charge < -0.3 is 9.47 Å². The Balaban J connectivity index is 2.02. The zero-order valence-corrected chi connectivity index (χ0v) is 14.5. The average molecular weight is 377 g/mol. The van der Waals surface area contributed by atoms with Crippen LogP contribution in [0.1, 0.15) is 11.1 Å². The second-order valence-corrected chi connectivity index (χ2v) is 5.54. The highest BCUT2D eigenvalue weighted by atomic mass is 79.9. The van der Waals surface area contributed by atoms with Crippen LogP contribution in [-0.2, 0) is 11.2 Å². The average Bonchev–Trinajstić information content (AvgIpc) is 2.56. The molecule has 1 amide bonds. The molecule has 23 heavy (non-hydrogen) atoms. The summed E-state index contributed by atoms with van der Waals surface area (Å²) in [5, 5.41) is 3.98. The molecule has 1 N–H and O–H groups in total. The smallest absolute Gasteiger partial charge is 0.244 e. The lowest BCUT2D eigenvalue weighted by Gasteiger charge is -2.09. The predicted octanol–water partition coefficient (Wildman–Crippen LogP) is 3.16. The molecule has 0 saturated heterocycles. The van der Waals surface area contributed by atoms with Gasteiger partial charge in [0, 0.05) is 11.6 Å². The molecule has 0 radical (unpaired) electrons. The Hall–Kier alpha value is -2.34. The SMILES string of the molecule is COc1cc(OC)c(C=NNC(=O)Cc2ccccc2)cc1Br. The fourth-order valence-electron chi connectivity index (χ4n) is 1.98. The van der Waals surface area contributed by atoms with Crippen molar-refractivity contribution in [2.45, 2.75) is 6.42 Å². The van der Waals surface area contributed by atoms with Crippen LogP contribution >= 0.6 is 15.9 Å². The Morgan fingerprint density at radius 3 is 2.52 bits per heavy atom. The van der Waals surface area contributed by atoms with E-state index in [0.29, 0.717) is 11.5 Å². The molecule has 6 heteroatoms. The van der Waals surface area contributed by atoms with Crippen LogP contribution in [0.3, 0.4) is 0 Å². The number of carbonyl (C=O) groups is 1. The number of ether oxygens (including phenoxy) is 2. The van der Waals surface area contributed by atoms with Gasteiger partial charge in [0.2, 0.25) is 5.91 Å². The summed E-state index contributed by atoms with van der Waals surface area (Å²) in [7, 11) is 3.14. The van der Waals surface area contributed by atoms with Gasteiger partial charge in [-0.15, -0.1) is 0 Å². The summed E-state index contributed by atoms with van der Waals surface area (Å²) in [5.74, 6) is 1.08. The van der Waals surface area contributed by atoms with Gasteiger partial charge in [-0.1, -0.05) is 30.3 Å². The molecule has 120 valence electrons. The molecule has 0 saturated carbocycles. The standard InChI is InChI=1S/C17H17BrN2O3/c1-22-15-10-16(23-2)14(18)9-13(15)11-19-20-17(21)8-12-6-4-3-5-7-12/h3-7,9-11H,8H2,1-2H3,(H,20,21). The minimum atomic E-state index is -0.181. The summed E-state index contributed by atoms with van der Waals surface area (Å²) < 4.78 is 11.3. The number of hydrogen-bond donors (Lipinski definition) is 1. The van der Waals surface area contributed by atoms with Crippen LogP contribution in [-0.4, -0.2) is 26.3 Å². The van der Waals surface area contributed by atoms with Crippen molar-refractivity contribution < 1.29 is 14.3 Å². The Kier molecular flexibility index (Phi) is 6.17. The number of nitrogens with one attached hydrogen (secondary N) is 1. The van der Waals surface area contributed by atoms with E-state index in [4.69, 9.17) is 9.47 Å². The number of benzene rings is 2. The fourth-order valence-corrected chi connectivity index (χ4v) is 2.50. The molecule has 0 aromatic heterocycles. The number of amides is 1. The van der Waals surface area contributed by atoms with Gasteiger partial charge in [0.25, 0.3) is 0 Å². The first kappa shape index (κ1) is 17.0. The normalized spacial score (nSPS) is 10.6.